The van der Waals surface area contributed by atoms with E-state index in [1.54, 1.807) is 0 Å². The van der Waals surface area contributed by atoms with Crippen LogP contribution in [0.5, 0.6) is 0 Å². The number of rotatable bonds is 5. The van der Waals surface area contributed by atoms with Crippen molar-refractivity contribution in [2.75, 3.05) is 42.9 Å². The molecule has 2 heterocycles. The number of H-pyrrole nitrogens is 1. The summed E-state index contributed by atoms with van der Waals surface area (Å²) in [5, 5.41) is 4.51. The Kier molecular flexibility index (Phi) is 5.58. The molecule has 4 rings (SSSR count). The Morgan fingerprint density at radius 3 is 2.34 bits per heavy atom. The van der Waals surface area contributed by atoms with Gasteiger partial charge in [-0.2, -0.15) is 0 Å². The molecule has 1 aromatic heterocycles. The van der Waals surface area contributed by atoms with Crippen LogP contribution in [0.3, 0.4) is 0 Å². The van der Waals surface area contributed by atoms with Gasteiger partial charge in [0.25, 0.3) is 5.56 Å². The van der Waals surface area contributed by atoms with Crippen LogP contribution in [0.2, 0.25) is 0 Å². The molecule has 0 bridgehead atoms. The molecule has 152 valence electrons. The second-order valence-electron chi connectivity index (χ2n) is 7.93. The van der Waals surface area contributed by atoms with Gasteiger partial charge < -0.3 is 20.1 Å². The van der Waals surface area contributed by atoms with E-state index in [0.717, 1.165) is 60.4 Å². The van der Waals surface area contributed by atoms with Crippen molar-refractivity contribution in [1.82, 2.24) is 9.88 Å². The van der Waals surface area contributed by atoms with E-state index < -0.39 is 0 Å². The molecule has 0 aliphatic carbocycles. The van der Waals surface area contributed by atoms with Crippen molar-refractivity contribution in [3.8, 4) is 0 Å². The molecule has 1 saturated heterocycles. The van der Waals surface area contributed by atoms with Crippen LogP contribution in [0.1, 0.15) is 23.6 Å². The smallest absolute Gasteiger partial charge is 0.253 e. The number of aromatic amines is 1. The lowest BCUT2D eigenvalue weighted by molar-refractivity contribution is 0.271. The molecule has 1 aliphatic rings. The first-order chi connectivity index (χ1) is 14.0. The predicted molar refractivity (Wildman–Crippen MR) is 122 cm³/mol. The zero-order chi connectivity index (χ0) is 20.4. The molecule has 0 saturated carbocycles. The fraction of sp³-hybridized carbons (Fsp3) is 0.375. The van der Waals surface area contributed by atoms with Gasteiger partial charge >= 0.3 is 0 Å². The Labute approximate surface area is 172 Å². The van der Waals surface area contributed by atoms with Gasteiger partial charge in [0, 0.05) is 55.0 Å². The number of aryl methyl sites for hydroxylation is 2. The van der Waals surface area contributed by atoms with Crippen molar-refractivity contribution in [2.45, 2.75) is 27.3 Å². The van der Waals surface area contributed by atoms with E-state index in [1.807, 2.05) is 13.0 Å². The number of hydrogen-bond acceptors (Lipinski definition) is 4. The number of nitrogens with one attached hydrogen (secondary N) is 2. The topological polar surface area (TPSA) is 51.4 Å². The first-order valence-corrected chi connectivity index (χ1v) is 10.5. The zero-order valence-electron chi connectivity index (χ0n) is 17.6. The molecule has 0 amide bonds. The summed E-state index contributed by atoms with van der Waals surface area (Å²) >= 11 is 0. The van der Waals surface area contributed by atoms with E-state index in [4.69, 9.17) is 0 Å². The lowest BCUT2D eigenvalue weighted by Gasteiger charge is -2.35. The summed E-state index contributed by atoms with van der Waals surface area (Å²) in [6, 6.07) is 14.7. The van der Waals surface area contributed by atoms with Crippen molar-refractivity contribution in [3.05, 3.63) is 69.5 Å². The lowest BCUT2D eigenvalue weighted by Crippen LogP contribution is -2.46. The summed E-state index contributed by atoms with van der Waals surface area (Å²) in [6.45, 7) is 12.4. The zero-order valence-corrected chi connectivity index (χ0v) is 17.6. The molecule has 2 N–H and O–H groups in total. The van der Waals surface area contributed by atoms with E-state index in [9.17, 15) is 4.79 Å². The van der Waals surface area contributed by atoms with Gasteiger partial charge in [-0.3, -0.25) is 4.79 Å². The minimum Gasteiger partial charge on any atom is -0.381 e. The van der Waals surface area contributed by atoms with Crippen LogP contribution in [-0.2, 0) is 6.54 Å². The first-order valence-electron chi connectivity index (χ1n) is 10.5. The van der Waals surface area contributed by atoms with Gasteiger partial charge in [-0.15, -0.1) is 0 Å². The van der Waals surface area contributed by atoms with Crippen LogP contribution in [0.15, 0.2) is 47.3 Å². The Balaban J connectivity index is 1.45. The highest BCUT2D eigenvalue weighted by Gasteiger charge is 2.15. The van der Waals surface area contributed by atoms with E-state index >= 15 is 0 Å². The van der Waals surface area contributed by atoms with Crippen LogP contribution < -0.4 is 15.8 Å². The van der Waals surface area contributed by atoms with Crippen molar-refractivity contribution in [2.24, 2.45) is 0 Å². The van der Waals surface area contributed by atoms with Gasteiger partial charge in [0.15, 0.2) is 0 Å². The summed E-state index contributed by atoms with van der Waals surface area (Å²) in [5.41, 5.74) is 6.23. The summed E-state index contributed by atoms with van der Waals surface area (Å²) < 4.78 is 0. The number of piperazine rings is 1. The van der Waals surface area contributed by atoms with Gasteiger partial charge in [0.05, 0.1) is 5.52 Å². The molecular weight excluding hydrogens is 360 g/mol. The van der Waals surface area contributed by atoms with E-state index in [2.05, 4.69) is 70.3 Å². The van der Waals surface area contributed by atoms with Crippen LogP contribution in [0, 0.1) is 13.8 Å². The Morgan fingerprint density at radius 1 is 0.966 bits per heavy atom. The number of likely N-dealkylation sites (N-methyl/N-ethyl adjacent to an activating group) is 1. The minimum absolute atomic E-state index is 0.0240. The van der Waals surface area contributed by atoms with E-state index in [-0.39, 0.29) is 5.56 Å². The maximum atomic E-state index is 12.5. The molecule has 1 fully saturated rings. The van der Waals surface area contributed by atoms with Crippen LogP contribution in [0.4, 0.5) is 11.4 Å². The quantitative estimate of drug-likeness (QED) is 0.694. The molecule has 1 aliphatic heterocycles. The Hall–Kier alpha value is -2.79. The summed E-state index contributed by atoms with van der Waals surface area (Å²) in [4.78, 5) is 20.5. The van der Waals surface area contributed by atoms with Crippen molar-refractivity contribution < 1.29 is 0 Å². The summed E-state index contributed by atoms with van der Waals surface area (Å²) in [6.07, 6.45) is 0. The van der Waals surface area contributed by atoms with E-state index in [1.165, 1.54) is 11.3 Å². The van der Waals surface area contributed by atoms with Crippen molar-refractivity contribution in [3.63, 3.8) is 0 Å². The van der Waals surface area contributed by atoms with Gasteiger partial charge in [-0.25, -0.2) is 0 Å². The number of hydrogen-bond donors (Lipinski definition) is 2. The van der Waals surface area contributed by atoms with Gasteiger partial charge in [-0.05, 0) is 61.9 Å². The molecule has 5 heteroatoms. The number of aromatic nitrogens is 1. The average Bonchev–Trinajstić information content (AvgIpc) is 2.76. The molecule has 0 unspecified atom stereocenters. The van der Waals surface area contributed by atoms with Gasteiger partial charge in [0.1, 0.15) is 0 Å². The van der Waals surface area contributed by atoms with Gasteiger partial charge in [-0.1, -0.05) is 19.1 Å². The second kappa shape index (κ2) is 8.29. The molecule has 3 aromatic rings. The third kappa shape index (κ3) is 4.15. The van der Waals surface area contributed by atoms with Gasteiger partial charge in [0.2, 0.25) is 0 Å². The molecule has 2 aromatic carbocycles. The minimum atomic E-state index is -0.0240. The van der Waals surface area contributed by atoms with Crippen molar-refractivity contribution >= 4 is 22.3 Å². The number of nitrogens with zero attached hydrogens (tertiary/aromatic N) is 2. The second-order valence-corrected chi connectivity index (χ2v) is 7.93. The van der Waals surface area contributed by atoms with Crippen LogP contribution in [-0.4, -0.2) is 42.6 Å². The summed E-state index contributed by atoms with van der Waals surface area (Å²) in [5.74, 6) is 0. The fourth-order valence-electron chi connectivity index (χ4n) is 4.06. The van der Waals surface area contributed by atoms with Crippen LogP contribution in [0.25, 0.3) is 10.9 Å². The highest BCUT2D eigenvalue weighted by atomic mass is 16.1. The standard InChI is InChI=1S/C24H30N4O/c1-4-27-11-13-28(14-12-27)21-9-7-20(8-10-21)25-16-19-15-22-17(2)5-6-18(3)23(22)26-24(19)29/h5-10,15,25H,4,11-14,16H2,1-3H3,(H,26,29). The molecule has 5 nitrogen and oxygen atoms in total. The van der Waals surface area contributed by atoms with Crippen molar-refractivity contribution in [1.29, 1.82) is 0 Å². The molecule has 0 radical (unpaired) electrons. The monoisotopic (exact) mass is 390 g/mol. The maximum absolute atomic E-state index is 12.5. The highest BCUT2D eigenvalue weighted by molar-refractivity contribution is 5.85. The predicted octanol–water partition coefficient (Wildman–Crippen LogP) is 3.90. The summed E-state index contributed by atoms with van der Waals surface area (Å²) in [7, 11) is 0. The largest absolute Gasteiger partial charge is 0.381 e. The fourth-order valence-corrected chi connectivity index (χ4v) is 4.06. The SMILES string of the molecule is CCN1CCN(c2ccc(NCc3cc4c(C)ccc(C)c4[nH]c3=O)cc2)CC1. The number of anilines is 2. The number of benzene rings is 2. The van der Waals surface area contributed by atoms with Crippen LogP contribution >= 0.6 is 0 Å². The number of fused-ring (bicyclic) bond motifs is 1. The molecule has 0 spiro atoms. The molecule has 29 heavy (non-hydrogen) atoms. The Morgan fingerprint density at radius 2 is 1.66 bits per heavy atom. The molecular formula is C24H30N4O. The third-order valence-corrected chi connectivity index (χ3v) is 6.06. The Bertz CT molecular complexity index is 1050. The third-order valence-electron chi connectivity index (χ3n) is 6.06. The lowest BCUT2D eigenvalue weighted by atomic mass is 10.0. The molecule has 0 atom stereocenters. The normalized spacial score (nSPS) is 15.1. The highest BCUT2D eigenvalue weighted by Crippen LogP contribution is 2.22. The van der Waals surface area contributed by atoms with E-state index in [0.29, 0.717) is 6.54 Å². The maximum Gasteiger partial charge on any atom is 0.253 e. The first kappa shape index (κ1) is 19.5. The average molecular weight is 391 g/mol. The number of pyridine rings is 1.